The third-order valence-electron chi connectivity index (χ3n) is 6.81. The van der Waals surface area contributed by atoms with Crippen LogP contribution in [-0.2, 0) is 6.54 Å². The second-order valence-corrected chi connectivity index (χ2v) is 9.19. The summed E-state index contributed by atoms with van der Waals surface area (Å²) in [6.07, 6.45) is 1.91. The Hall–Kier alpha value is -3.38. The summed E-state index contributed by atoms with van der Waals surface area (Å²) in [5.74, 6) is 1.74. The van der Waals surface area contributed by atoms with E-state index in [9.17, 15) is 4.79 Å². The zero-order valence-electron chi connectivity index (χ0n) is 21.1. The van der Waals surface area contributed by atoms with Gasteiger partial charge in [-0.3, -0.25) is 14.7 Å². The highest BCUT2D eigenvalue weighted by atomic mass is 16.5. The smallest absolute Gasteiger partial charge is 0.253 e. The molecule has 4 rings (SSSR count). The maximum atomic E-state index is 13.3. The standard InChI is InChI=1S/C29H35N3O3/c1-20-13-14-25(29(33)31-21(2)22-9-6-5-7-10-22)27(30-20)23-15-17-32(18-16-23)19-24-11-8-12-26(34-3)28(24)35-4/h5-14,21,23H,15-19H2,1-4H3,(H,31,33). The number of ether oxygens (including phenoxy) is 2. The van der Waals surface area contributed by atoms with Crippen LogP contribution in [0.3, 0.4) is 0 Å². The number of rotatable bonds is 8. The van der Waals surface area contributed by atoms with Gasteiger partial charge in [0.1, 0.15) is 0 Å². The fourth-order valence-electron chi connectivity index (χ4n) is 4.86. The van der Waals surface area contributed by atoms with Crippen LogP contribution in [0.5, 0.6) is 11.5 Å². The van der Waals surface area contributed by atoms with E-state index < -0.39 is 0 Å². The van der Waals surface area contributed by atoms with Gasteiger partial charge < -0.3 is 14.8 Å². The number of amides is 1. The van der Waals surface area contributed by atoms with Gasteiger partial charge >= 0.3 is 0 Å². The summed E-state index contributed by atoms with van der Waals surface area (Å²) in [6, 6.07) is 19.8. The Labute approximate surface area is 208 Å². The van der Waals surface area contributed by atoms with E-state index >= 15 is 0 Å². The van der Waals surface area contributed by atoms with Crippen molar-refractivity contribution in [1.82, 2.24) is 15.2 Å². The fraction of sp³-hybridized carbons (Fsp3) is 0.379. The van der Waals surface area contributed by atoms with Crippen molar-refractivity contribution < 1.29 is 14.3 Å². The first-order valence-corrected chi connectivity index (χ1v) is 12.3. The zero-order chi connectivity index (χ0) is 24.8. The summed E-state index contributed by atoms with van der Waals surface area (Å²) in [7, 11) is 3.35. The summed E-state index contributed by atoms with van der Waals surface area (Å²) >= 11 is 0. The molecule has 0 radical (unpaired) electrons. The predicted molar refractivity (Wildman–Crippen MR) is 138 cm³/mol. The Morgan fingerprint density at radius 1 is 1.03 bits per heavy atom. The van der Waals surface area contributed by atoms with E-state index in [4.69, 9.17) is 14.5 Å². The van der Waals surface area contributed by atoms with Crippen molar-refractivity contribution in [3.8, 4) is 11.5 Å². The highest BCUT2D eigenvalue weighted by Gasteiger charge is 2.27. The van der Waals surface area contributed by atoms with Crippen LogP contribution >= 0.6 is 0 Å². The summed E-state index contributed by atoms with van der Waals surface area (Å²) in [5.41, 5.74) is 4.75. The number of carbonyl (C=O) groups is 1. The van der Waals surface area contributed by atoms with Crippen molar-refractivity contribution >= 4 is 5.91 Å². The van der Waals surface area contributed by atoms with Crippen LogP contribution in [0, 0.1) is 6.92 Å². The first-order valence-electron chi connectivity index (χ1n) is 12.3. The lowest BCUT2D eigenvalue weighted by molar-refractivity contribution is 0.0937. The number of hydrogen-bond acceptors (Lipinski definition) is 5. The second kappa shape index (κ2) is 11.4. The molecule has 1 aromatic heterocycles. The van der Waals surface area contributed by atoms with Crippen LogP contribution < -0.4 is 14.8 Å². The summed E-state index contributed by atoms with van der Waals surface area (Å²) in [6.45, 7) is 6.67. The molecule has 0 spiro atoms. The average molecular weight is 474 g/mol. The third kappa shape index (κ3) is 5.82. The molecule has 2 heterocycles. The minimum atomic E-state index is -0.0717. The van der Waals surface area contributed by atoms with Crippen LogP contribution in [0.25, 0.3) is 0 Å². The third-order valence-corrected chi connectivity index (χ3v) is 6.81. The van der Waals surface area contributed by atoms with E-state index in [0.29, 0.717) is 5.56 Å². The molecule has 1 unspecified atom stereocenters. The van der Waals surface area contributed by atoms with Gasteiger partial charge in [0.2, 0.25) is 0 Å². The Morgan fingerprint density at radius 3 is 2.46 bits per heavy atom. The molecule has 1 atom stereocenters. The van der Waals surface area contributed by atoms with Gasteiger partial charge in [-0.05, 0) is 63.5 Å². The fourth-order valence-corrected chi connectivity index (χ4v) is 4.86. The molecular weight excluding hydrogens is 438 g/mol. The van der Waals surface area contributed by atoms with Crippen molar-refractivity contribution in [3.05, 3.63) is 88.7 Å². The van der Waals surface area contributed by atoms with Crippen LogP contribution in [-0.4, -0.2) is 43.1 Å². The minimum Gasteiger partial charge on any atom is -0.493 e. The number of aryl methyl sites for hydroxylation is 1. The van der Waals surface area contributed by atoms with E-state index in [2.05, 4.69) is 16.3 Å². The predicted octanol–water partition coefficient (Wildman–Crippen LogP) is 5.28. The lowest BCUT2D eigenvalue weighted by Crippen LogP contribution is -2.34. The summed E-state index contributed by atoms with van der Waals surface area (Å²) in [4.78, 5) is 20.5. The monoisotopic (exact) mass is 473 g/mol. The molecule has 1 N–H and O–H groups in total. The van der Waals surface area contributed by atoms with Crippen molar-refractivity contribution in [2.24, 2.45) is 0 Å². The molecule has 35 heavy (non-hydrogen) atoms. The van der Waals surface area contributed by atoms with Gasteiger partial charge in [0.15, 0.2) is 11.5 Å². The van der Waals surface area contributed by atoms with Crippen LogP contribution in [0.4, 0.5) is 0 Å². The Balaban J connectivity index is 1.44. The molecule has 184 valence electrons. The van der Waals surface area contributed by atoms with Gasteiger partial charge in [-0.2, -0.15) is 0 Å². The summed E-state index contributed by atoms with van der Waals surface area (Å²) < 4.78 is 11.1. The molecule has 0 saturated carbocycles. The highest BCUT2D eigenvalue weighted by Crippen LogP contribution is 2.34. The number of carbonyl (C=O) groups excluding carboxylic acids is 1. The van der Waals surface area contributed by atoms with Crippen molar-refractivity contribution in [2.45, 2.75) is 45.2 Å². The molecule has 1 aliphatic heterocycles. The molecule has 0 aliphatic carbocycles. The number of methoxy groups -OCH3 is 2. The first-order chi connectivity index (χ1) is 17.0. The van der Waals surface area contributed by atoms with Gasteiger partial charge in [-0.25, -0.2) is 0 Å². The number of likely N-dealkylation sites (tertiary alicyclic amines) is 1. The van der Waals surface area contributed by atoms with Crippen LogP contribution in [0.2, 0.25) is 0 Å². The van der Waals surface area contributed by atoms with Gasteiger partial charge in [0.25, 0.3) is 5.91 Å². The van der Waals surface area contributed by atoms with Crippen molar-refractivity contribution in [2.75, 3.05) is 27.3 Å². The van der Waals surface area contributed by atoms with E-state index in [-0.39, 0.29) is 17.9 Å². The maximum Gasteiger partial charge on any atom is 0.253 e. The van der Waals surface area contributed by atoms with Crippen LogP contribution in [0.1, 0.15) is 64.6 Å². The maximum absolute atomic E-state index is 13.3. The normalized spacial score (nSPS) is 15.4. The SMILES string of the molecule is COc1cccc(CN2CCC(c3nc(C)ccc3C(=O)NC(C)c3ccccc3)CC2)c1OC. The van der Waals surface area contributed by atoms with Crippen molar-refractivity contribution in [1.29, 1.82) is 0 Å². The number of pyridine rings is 1. The largest absolute Gasteiger partial charge is 0.493 e. The molecule has 1 saturated heterocycles. The number of nitrogens with zero attached hydrogens (tertiary/aromatic N) is 2. The van der Waals surface area contributed by atoms with E-state index in [1.165, 1.54) is 0 Å². The molecule has 3 aromatic rings. The number of piperidine rings is 1. The average Bonchev–Trinajstić information content (AvgIpc) is 2.89. The second-order valence-electron chi connectivity index (χ2n) is 9.19. The lowest BCUT2D eigenvalue weighted by Gasteiger charge is -2.33. The summed E-state index contributed by atoms with van der Waals surface area (Å²) in [5, 5.41) is 3.16. The number of aromatic nitrogens is 1. The number of hydrogen-bond donors (Lipinski definition) is 1. The van der Waals surface area contributed by atoms with Gasteiger partial charge in [0, 0.05) is 23.7 Å². The van der Waals surface area contributed by atoms with Crippen LogP contribution in [0.15, 0.2) is 60.7 Å². The molecule has 1 amide bonds. The highest BCUT2D eigenvalue weighted by molar-refractivity contribution is 5.95. The van der Waals surface area contributed by atoms with Gasteiger partial charge in [-0.1, -0.05) is 42.5 Å². The lowest BCUT2D eigenvalue weighted by atomic mass is 9.89. The molecule has 1 aliphatic rings. The Bertz CT molecular complexity index is 1140. The molecule has 1 fully saturated rings. The van der Waals surface area contributed by atoms with Crippen molar-refractivity contribution in [3.63, 3.8) is 0 Å². The molecular formula is C29H35N3O3. The number of benzene rings is 2. The quantitative estimate of drug-likeness (QED) is 0.482. The Kier molecular flexibility index (Phi) is 8.03. The topological polar surface area (TPSA) is 63.7 Å². The van der Waals surface area contributed by atoms with Gasteiger partial charge in [-0.15, -0.1) is 0 Å². The van der Waals surface area contributed by atoms with Gasteiger partial charge in [0.05, 0.1) is 31.5 Å². The minimum absolute atomic E-state index is 0.0626. The van der Waals surface area contributed by atoms with E-state index in [0.717, 1.165) is 66.5 Å². The molecule has 6 heteroatoms. The first kappa shape index (κ1) is 24.7. The van der Waals surface area contributed by atoms with E-state index in [1.54, 1.807) is 14.2 Å². The van der Waals surface area contributed by atoms with E-state index in [1.807, 2.05) is 68.4 Å². The Morgan fingerprint density at radius 2 is 1.77 bits per heavy atom. The zero-order valence-corrected chi connectivity index (χ0v) is 21.1. The molecule has 2 aromatic carbocycles. The molecule has 6 nitrogen and oxygen atoms in total. The number of para-hydroxylation sites is 1. The molecule has 0 bridgehead atoms. The number of nitrogens with one attached hydrogen (secondary N) is 1.